The molecule has 0 radical (unpaired) electrons. The first-order chi connectivity index (χ1) is 17.8. The van der Waals surface area contributed by atoms with Crippen molar-refractivity contribution in [2.45, 2.75) is 40.0 Å². The number of aromatic hydroxyl groups is 1. The smallest absolute Gasteiger partial charge is 0.163 e. The van der Waals surface area contributed by atoms with Gasteiger partial charge in [-0.25, -0.2) is 0 Å². The van der Waals surface area contributed by atoms with Gasteiger partial charge in [-0.2, -0.15) is 0 Å². The zero-order valence-corrected chi connectivity index (χ0v) is 22.2. The minimum atomic E-state index is -0.0693. The molecular formula is C30H31ClN4O2. The summed E-state index contributed by atoms with van der Waals surface area (Å²) in [7, 11) is 0. The SMILES string of the molecule is CC(=O)c1cnc2ccc(-c3cc(C)c(O)c(Cl)c3)cc2c1Nc1cnc(C)c(CCN2CCCC2)c1. The highest BCUT2D eigenvalue weighted by Crippen LogP contribution is 2.36. The number of phenolic OH excluding ortho intramolecular Hbond substituents is 1. The highest BCUT2D eigenvalue weighted by molar-refractivity contribution is 6.32. The maximum absolute atomic E-state index is 12.6. The van der Waals surface area contributed by atoms with Crippen molar-refractivity contribution in [3.05, 3.63) is 76.2 Å². The number of phenols is 1. The standard InChI is InChI=1S/C30H31ClN4O2/c1-18-12-23(15-27(31)30(18)37)22-6-7-28-25(14-22)29(26(17-33-28)20(3)36)34-24-13-21(19(2)32-16-24)8-11-35-9-4-5-10-35/h6-7,12-17,37H,4-5,8-11H2,1-3H3,(H,33,34). The second-order valence-corrected chi connectivity index (χ2v) is 10.3. The van der Waals surface area contributed by atoms with Crippen molar-refractivity contribution in [3.63, 3.8) is 0 Å². The molecule has 0 aliphatic carbocycles. The van der Waals surface area contributed by atoms with Crippen LogP contribution in [0.3, 0.4) is 0 Å². The van der Waals surface area contributed by atoms with Gasteiger partial charge in [0.1, 0.15) is 5.75 Å². The third kappa shape index (κ3) is 5.31. The molecule has 0 bridgehead atoms. The van der Waals surface area contributed by atoms with Crippen LogP contribution in [0, 0.1) is 13.8 Å². The lowest BCUT2D eigenvalue weighted by atomic mass is 9.98. The van der Waals surface area contributed by atoms with Gasteiger partial charge in [0.2, 0.25) is 0 Å². The van der Waals surface area contributed by atoms with E-state index in [9.17, 15) is 9.90 Å². The number of rotatable bonds is 7. The number of hydrogen-bond acceptors (Lipinski definition) is 6. The largest absolute Gasteiger partial charge is 0.506 e. The first-order valence-corrected chi connectivity index (χ1v) is 13.1. The molecule has 2 aromatic carbocycles. The van der Waals surface area contributed by atoms with Crippen LogP contribution >= 0.6 is 11.6 Å². The van der Waals surface area contributed by atoms with Gasteiger partial charge in [-0.3, -0.25) is 14.8 Å². The van der Waals surface area contributed by atoms with E-state index in [1.165, 1.54) is 31.5 Å². The van der Waals surface area contributed by atoms with E-state index >= 15 is 0 Å². The van der Waals surface area contributed by atoms with Gasteiger partial charge >= 0.3 is 0 Å². The summed E-state index contributed by atoms with van der Waals surface area (Å²) in [5, 5.41) is 14.7. The summed E-state index contributed by atoms with van der Waals surface area (Å²) >= 11 is 6.26. The monoisotopic (exact) mass is 514 g/mol. The van der Waals surface area contributed by atoms with Crippen molar-refractivity contribution in [2.75, 3.05) is 25.0 Å². The second-order valence-electron chi connectivity index (χ2n) is 9.85. The summed E-state index contributed by atoms with van der Waals surface area (Å²) in [5.74, 6) is 0.0154. The minimum Gasteiger partial charge on any atom is -0.506 e. The Balaban J connectivity index is 1.55. The average molecular weight is 515 g/mol. The molecule has 0 spiro atoms. The number of halogens is 1. The van der Waals surface area contributed by atoms with E-state index in [0.717, 1.165) is 46.4 Å². The van der Waals surface area contributed by atoms with Gasteiger partial charge < -0.3 is 15.3 Å². The van der Waals surface area contributed by atoms with E-state index in [1.807, 2.05) is 44.3 Å². The average Bonchev–Trinajstić information content (AvgIpc) is 3.40. The Kier molecular flexibility index (Phi) is 7.13. The van der Waals surface area contributed by atoms with Crippen LogP contribution in [0.1, 0.15) is 46.9 Å². The van der Waals surface area contributed by atoms with Crippen LogP contribution in [0.5, 0.6) is 5.75 Å². The van der Waals surface area contributed by atoms with E-state index in [-0.39, 0.29) is 11.5 Å². The molecule has 0 unspecified atom stereocenters. The molecule has 1 fully saturated rings. The molecular weight excluding hydrogens is 484 g/mol. The normalized spacial score (nSPS) is 13.8. The third-order valence-electron chi connectivity index (χ3n) is 7.19. The molecule has 1 saturated heterocycles. The van der Waals surface area contributed by atoms with Gasteiger partial charge in [0.15, 0.2) is 5.78 Å². The Hall–Kier alpha value is -3.48. The molecule has 0 atom stereocenters. The Morgan fingerprint density at radius 3 is 2.57 bits per heavy atom. The number of anilines is 2. The van der Waals surface area contributed by atoms with Gasteiger partial charge in [0.25, 0.3) is 0 Å². The third-order valence-corrected chi connectivity index (χ3v) is 7.48. The lowest BCUT2D eigenvalue weighted by Crippen LogP contribution is -2.22. The van der Waals surface area contributed by atoms with Crippen LogP contribution in [-0.4, -0.2) is 45.4 Å². The Morgan fingerprint density at radius 1 is 1.05 bits per heavy atom. The maximum Gasteiger partial charge on any atom is 0.163 e. The fraction of sp³-hybridized carbons (Fsp3) is 0.300. The van der Waals surface area contributed by atoms with Crippen LogP contribution in [0.25, 0.3) is 22.0 Å². The molecule has 0 saturated carbocycles. The van der Waals surface area contributed by atoms with E-state index < -0.39 is 0 Å². The zero-order chi connectivity index (χ0) is 26.1. The number of aromatic nitrogens is 2. The number of Topliss-reactive ketones (excluding diaryl/α,β-unsaturated/α-hetero) is 1. The van der Waals surface area contributed by atoms with Crippen LogP contribution < -0.4 is 5.32 Å². The minimum absolute atomic E-state index is 0.0693. The highest BCUT2D eigenvalue weighted by Gasteiger charge is 2.16. The summed E-state index contributed by atoms with van der Waals surface area (Å²) in [4.78, 5) is 24.3. The first-order valence-electron chi connectivity index (χ1n) is 12.7. The molecule has 190 valence electrons. The molecule has 3 heterocycles. The number of carbonyl (C=O) groups is 1. The van der Waals surface area contributed by atoms with E-state index in [4.69, 9.17) is 11.6 Å². The molecule has 1 aliphatic rings. The number of nitrogens with zero attached hydrogens (tertiary/aromatic N) is 3. The van der Waals surface area contributed by atoms with Crippen molar-refractivity contribution >= 4 is 39.7 Å². The number of likely N-dealkylation sites (tertiary alicyclic amines) is 1. The lowest BCUT2D eigenvalue weighted by molar-refractivity contribution is 0.101. The molecule has 1 aliphatic heterocycles. The lowest BCUT2D eigenvalue weighted by Gasteiger charge is -2.17. The first kappa shape index (κ1) is 25.2. The molecule has 0 amide bonds. The van der Waals surface area contributed by atoms with Crippen molar-refractivity contribution in [3.8, 4) is 16.9 Å². The molecule has 2 aromatic heterocycles. The number of hydrogen-bond donors (Lipinski definition) is 2. The van der Waals surface area contributed by atoms with Crippen molar-refractivity contribution in [1.82, 2.24) is 14.9 Å². The highest BCUT2D eigenvalue weighted by atomic mass is 35.5. The predicted octanol–water partition coefficient (Wildman–Crippen LogP) is 6.86. The van der Waals surface area contributed by atoms with Crippen LogP contribution in [0.4, 0.5) is 11.4 Å². The zero-order valence-electron chi connectivity index (χ0n) is 21.4. The van der Waals surface area contributed by atoms with Gasteiger partial charge in [-0.05, 0) is 106 Å². The summed E-state index contributed by atoms with van der Waals surface area (Å²) in [5.41, 5.74) is 7.55. The molecule has 37 heavy (non-hydrogen) atoms. The van der Waals surface area contributed by atoms with E-state index in [1.54, 1.807) is 19.2 Å². The maximum atomic E-state index is 12.6. The summed E-state index contributed by atoms with van der Waals surface area (Å²) in [6.45, 7) is 8.78. The van der Waals surface area contributed by atoms with Gasteiger partial charge in [0.05, 0.1) is 33.7 Å². The van der Waals surface area contributed by atoms with Gasteiger partial charge in [-0.1, -0.05) is 17.7 Å². The number of nitrogens with one attached hydrogen (secondary N) is 1. The van der Waals surface area contributed by atoms with E-state index in [0.29, 0.717) is 21.8 Å². The number of carbonyl (C=O) groups excluding carboxylic acids is 1. The fourth-order valence-corrected chi connectivity index (χ4v) is 5.27. The predicted molar refractivity (Wildman–Crippen MR) is 150 cm³/mol. The molecule has 6 nitrogen and oxygen atoms in total. The number of pyridine rings is 2. The molecule has 5 rings (SSSR count). The van der Waals surface area contributed by atoms with Crippen molar-refractivity contribution in [1.29, 1.82) is 0 Å². The number of fused-ring (bicyclic) bond motifs is 1. The molecule has 4 aromatic rings. The summed E-state index contributed by atoms with van der Waals surface area (Å²) < 4.78 is 0. The van der Waals surface area contributed by atoms with Crippen LogP contribution in [-0.2, 0) is 6.42 Å². The summed E-state index contributed by atoms with van der Waals surface area (Å²) in [6, 6.07) is 11.7. The summed E-state index contributed by atoms with van der Waals surface area (Å²) in [6.07, 6.45) is 6.94. The van der Waals surface area contributed by atoms with Crippen LogP contribution in [0.2, 0.25) is 5.02 Å². The quantitative estimate of drug-likeness (QED) is 0.262. The molecule has 7 heteroatoms. The number of aryl methyl sites for hydroxylation is 2. The van der Waals surface area contributed by atoms with Crippen molar-refractivity contribution in [2.24, 2.45) is 0 Å². The fourth-order valence-electron chi connectivity index (χ4n) is 5.01. The van der Waals surface area contributed by atoms with Gasteiger partial charge in [-0.15, -0.1) is 0 Å². The number of benzene rings is 2. The van der Waals surface area contributed by atoms with Gasteiger partial charge in [0, 0.05) is 23.8 Å². The topological polar surface area (TPSA) is 78.3 Å². The Morgan fingerprint density at radius 2 is 1.84 bits per heavy atom. The second kappa shape index (κ2) is 10.5. The van der Waals surface area contributed by atoms with E-state index in [2.05, 4.69) is 26.3 Å². The Bertz CT molecular complexity index is 1470. The van der Waals surface area contributed by atoms with Crippen molar-refractivity contribution < 1.29 is 9.90 Å². The molecule has 2 N–H and O–H groups in total. The number of ketones is 1. The Labute approximate surface area is 222 Å². The van der Waals surface area contributed by atoms with Crippen LogP contribution in [0.15, 0.2) is 48.8 Å².